The van der Waals surface area contributed by atoms with Gasteiger partial charge in [-0.1, -0.05) is 5.92 Å². The molecule has 1 aromatic carbocycles. The van der Waals surface area contributed by atoms with Crippen molar-refractivity contribution >= 4 is 10.0 Å². The van der Waals surface area contributed by atoms with Gasteiger partial charge in [0, 0.05) is 0 Å². The van der Waals surface area contributed by atoms with Crippen molar-refractivity contribution in [2.45, 2.75) is 31.2 Å². The lowest BCUT2D eigenvalue weighted by atomic mass is 10.1. The second kappa shape index (κ2) is 4.81. The van der Waals surface area contributed by atoms with Crippen LogP contribution in [0.2, 0.25) is 0 Å². The normalized spacial score (nSPS) is 11.6. The van der Waals surface area contributed by atoms with Crippen LogP contribution in [-0.2, 0) is 10.0 Å². The Bertz CT molecular complexity index is 647. The van der Waals surface area contributed by atoms with Crippen molar-refractivity contribution in [2.24, 2.45) is 0 Å². The molecule has 5 heteroatoms. The van der Waals surface area contributed by atoms with E-state index < -0.39 is 15.6 Å². The monoisotopic (exact) mass is 262 g/mol. The molecule has 1 aromatic rings. The van der Waals surface area contributed by atoms with E-state index in [0.717, 1.165) is 0 Å². The molecule has 0 unspecified atom stereocenters. The topological polar surface area (TPSA) is 70.0 Å². The molecule has 1 N–H and O–H groups in total. The van der Waals surface area contributed by atoms with Crippen molar-refractivity contribution in [2.75, 3.05) is 0 Å². The second-order valence-corrected chi connectivity index (χ2v) is 6.12. The maximum atomic E-state index is 12.1. The van der Waals surface area contributed by atoms with Gasteiger partial charge in [-0.25, -0.2) is 8.42 Å². The number of benzene rings is 1. The summed E-state index contributed by atoms with van der Waals surface area (Å²) in [6.45, 7) is 4.84. The third kappa shape index (κ3) is 3.10. The molecule has 1 rings (SSSR count). The second-order valence-electron chi connectivity index (χ2n) is 4.47. The Morgan fingerprint density at radius 1 is 1.39 bits per heavy atom. The summed E-state index contributed by atoms with van der Waals surface area (Å²) in [6, 6.07) is 6.35. The molecular formula is C13H14N2O2S. The Morgan fingerprint density at radius 3 is 2.44 bits per heavy atom. The standard InChI is InChI=1S/C13H14N2O2S/c1-5-13(3,4)15-18(16,17)12-7-6-11(9-14)8-10(12)2/h1,6-8,15H,2-4H3. The van der Waals surface area contributed by atoms with Crippen molar-refractivity contribution in [1.82, 2.24) is 4.72 Å². The zero-order chi connectivity index (χ0) is 14.0. The van der Waals surface area contributed by atoms with Gasteiger partial charge in [0.05, 0.1) is 22.1 Å². The molecule has 0 spiro atoms. The summed E-state index contributed by atoms with van der Waals surface area (Å²) in [5, 5.41) is 8.74. The van der Waals surface area contributed by atoms with E-state index in [0.29, 0.717) is 11.1 Å². The van der Waals surface area contributed by atoms with Gasteiger partial charge >= 0.3 is 0 Å². The first kappa shape index (κ1) is 14.2. The molecule has 0 aliphatic rings. The molecule has 0 atom stereocenters. The van der Waals surface area contributed by atoms with Crippen LogP contribution < -0.4 is 4.72 Å². The van der Waals surface area contributed by atoms with Gasteiger partial charge in [0.25, 0.3) is 0 Å². The van der Waals surface area contributed by atoms with E-state index in [-0.39, 0.29) is 4.90 Å². The highest BCUT2D eigenvalue weighted by atomic mass is 32.2. The van der Waals surface area contributed by atoms with Crippen LogP contribution in [0.25, 0.3) is 0 Å². The first-order chi connectivity index (χ1) is 8.22. The van der Waals surface area contributed by atoms with Crippen LogP contribution in [0.15, 0.2) is 23.1 Å². The van der Waals surface area contributed by atoms with Gasteiger partial charge in [-0.15, -0.1) is 6.42 Å². The molecule has 0 aliphatic carbocycles. The molecule has 0 aliphatic heterocycles. The van der Waals surface area contributed by atoms with E-state index in [1.54, 1.807) is 20.8 Å². The van der Waals surface area contributed by atoms with Crippen molar-refractivity contribution in [1.29, 1.82) is 5.26 Å². The predicted molar refractivity (Wildman–Crippen MR) is 69.1 cm³/mol. The Labute approximate surface area is 108 Å². The number of aryl methyl sites for hydroxylation is 1. The van der Waals surface area contributed by atoms with Crippen molar-refractivity contribution in [3.8, 4) is 18.4 Å². The fourth-order valence-corrected chi connectivity index (χ4v) is 3.01. The lowest BCUT2D eigenvalue weighted by Gasteiger charge is -2.20. The summed E-state index contributed by atoms with van der Waals surface area (Å²) < 4.78 is 26.7. The van der Waals surface area contributed by atoms with E-state index in [1.807, 2.05) is 6.07 Å². The minimum absolute atomic E-state index is 0.129. The van der Waals surface area contributed by atoms with Crippen molar-refractivity contribution < 1.29 is 8.42 Å². The maximum absolute atomic E-state index is 12.1. The molecule has 0 fully saturated rings. The van der Waals surface area contributed by atoms with Crippen molar-refractivity contribution in [3.63, 3.8) is 0 Å². The number of hydrogen-bond donors (Lipinski definition) is 1. The van der Waals surface area contributed by atoms with E-state index in [2.05, 4.69) is 10.6 Å². The van der Waals surface area contributed by atoms with Gasteiger partial charge < -0.3 is 0 Å². The number of hydrogen-bond acceptors (Lipinski definition) is 3. The van der Waals surface area contributed by atoms with E-state index in [1.165, 1.54) is 18.2 Å². The first-order valence-corrected chi connectivity index (χ1v) is 6.73. The largest absolute Gasteiger partial charge is 0.242 e. The van der Waals surface area contributed by atoms with Crippen LogP contribution in [0.3, 0.4) is 0 Å². The van der Waals surface area contributed by atoms with Crippen LogP contribution in [0.5, 0.6) is 0 Å². The smallest absolute Gasteiger partial charge is 0.207 e. The molecule has 0 saturated carbocycles. The van der Waals surface area contributed by atoms with Crippen molar-refractivity contribution in [3.05, 3.63) is 29.3 Å². The number of terminal acetylenes is 1. The Kier molecular flexibility index (Phi) is 3.81. The lowest BCUT2D eigenvalue weighted by Crippen LogP contribution is -2.42. The summed E-state index contributed by atoms with van der Waals surface area (Å²) in [7, 11) is -3.69. The predicted octanol–water partition coefficient (Wildman–Crippen LogP) is 1.56. The SMILES string of the molecule is C#CC(C)(C)NS(=O)(=O)c1ccc(C#N)cc1C. The van der Waals surface area contributed by atoms with Crippen LogP contribution >= 0.6 is 0 Å². The number of sulfonamides is 1. The highest BCUT2D eigenvalue weighted by Gasteiger charge is 2.25. The van der Waals surface area contributed by atoms with Gasteiger partial charge in [-0.2, -0.15) is 9.98 Å². The van der Waals surface area contributed by atoms with E-state index >= 15 is 0 Å². The Balaban J connectivity index is 3.24. The highest BCUT2D eigenvalue weighted by Crippen LogP contribution is 2.18. The van der Waals surface area contributed by atoms with E-state index in [4.69, 9.17) is 11.7 Å². The van der Waals surface area contributed by atoms with E-state index in [9.17, 15) is 8.42 Å². The molecule has 0 heterocycles. The molecule has 0 amide bonds. The third-order valence-corrected chi connectivity index (χ3v) is 4.16. The Hall–Kier alpha value is -1.82. The highest BCUT2D eigenvalue weighted by molar-refractivity contribution is 7.89. The van der Waals surface area contributed by atoms with Crippen LogP contribution in [0.4, 0.5) is 0 Å². The summed E-state index contributed by atoms with van der Waals surface area (Å²) >= 11 is 0. The number of nitrogens with zero attached hydrogens (tertiary/aromatic N) is 1. The van der Waals surface area contributed by atoms with Gasteiger partial charge in [0.15, 0.2) is 0 Å². The third-order valence-electron chi connectivity index (χ3n) is 2.34. The summed E-state index contributed by atoms with van der Waals surface area (Å²) in [6.07, 6.45) is 5.26. The Morgan fingerprint density at radius 2 is 2.00 bits per heavy atom. The zero-order valence-electron chi connectivity index (χ0n) is 10.5. The summed E-state index contributed by atoms with van der Waals surface area (Å²) in [5.41, 5.74) is -0.0313. The maximum Gasteiger partial charge on any atom is 0.242 e. The molecule has 94 valence electrons. The molecule has 0 bridgehead atoms. The number of rotatable bonds is 3. The molecule has 0 radical (unpaired) electrons. The fourth-order valence-electron chi connectivity index (χ4n) is 1.44. The zero-order valence-corrected chi connectivity index (χ0v) is 11.3. The lowest BCUT2D eigenvalue weighted by molar-refractivity contribution is 0.538. The average Bonchev–Trinajstić information content (AvgIpc) is 2.27. The first-order valence-electron chi connectivity index (χ1n) is 5.24. The van der Waals surface area contributed by atoms with Gasteiger partial charge in [0.2, 0.25) is 10.0 Å². The molecular weight excluding hydrogens is 248 g/mol. The number of nitriles is 1. The summed E-state index contributed by atoms with van der Waals surface area (Å²) in [4.78, 5) is 0.129. The van der Waals surface area contributed by atoms with Gasteiger partial charge in [0.1, 0.15) is 0 Å². The molecule has 18 heavy (non-hydrogen) atoms. The molecule has 0 aromatic heterocycles. The van der Waals surface area contributed by atoms with Crippen LogP contribution in [0, 0.1) is 30.6 Å². The molecule has 0 saturated heterocycles. The average molecular weight is 262 g/mol. The minimum Gasteiger partial charge on any atom is -0.207 e. The van der Waals surface area contributed by atoms with Crippen LogP contribution in [0.1, 0.15) is 25.0 Å². The van der Waals surface area contributed by atoms with Gasteiger partial charge in [-0.05, 0) is 44.5 Å². The fraction of sp³-hybridized carbons (Fsp3) is 0.308. The summed E-state index contributed by atoms with van der Waals surface area (Å²) in [5.74, 6) is 2.37. The number of nitrogens with one attached hydrogen (secondary N) is 1. The quantitative estimate of drug-likeness (QED) is 0.840. The minimum atomic E-state index is -3.69. The van der Waals surface area contributed by atoms with Gasteiger partial charge in [-0.3, -0.25) is 0 Å². The van der Waals surface area contributed by atoms with Crippen LogP contribution in [-0.4, -0.2) is 14.0 Å². The molecule has 4 nitrogen and oxygen atoms in total.